The molecule has 0 spiro atoms. The molecule has 3 heteroatoms. The number of nitriles is 1. The number of nitrogens with zero attached hydrogens (tertiary/aromatic N) is 1. The summed E-state index contributed by atoms with van der Waals surface area (Å²) in [6.07, 6.45) is 9.80. The van der Waals surface area contributed by atoms with Gasteiger partial charge in [-0.25, -0.2) is 0 Å². The maximum Gasteiger partial charge on any atom is 0.0621 e. The van der Waals surface area contributed by atoms with Gasteiger partial charge in [0.2, 0.25) is 0 Å². The number of hydrogen-bond acceptors (Lipinski definition) is 3. The summed E-state index contributed by atoms with van der Waals surface area (Å²) >= 11 is 0. The normalized spacial score (nSPS) is 10.4. The van der Waals surface area contributed by atoms with Crippen LogP contribution in [-0.2, 0) is 9.47 Å². The molecule has 0 unspecified atom stereocenters. The molecule has 0 aliphatic rings. The number of hydrogen-bond donors (Lipinski definition) is 0. The zero-order valence-electron chi connectivity index (χ0n) is 12.0. The second-order valence-corrected chi connectivity index (χ2v) is 4.61. The molecule has 0 aromatic carbocycles. The van der Waals surface area contributed by atoms with E-state index in [0.717, 1.165) is 52.1 Å². The van der Waals surface area contributed by atoms with Crippen molar-refractivity contribution >= 4 is 0 Å². The van der Waals surface area contributed by atoms with Crippen LogP contribution >= 0.6 is 0 Å². The lowest BCUT2D eigenvalue weighted by Gasteiger charge is -2.05. The largest absolute Gasteiger partial charge is 0.381 e. The van der Waals surface area contributed by atoms with E-state index in [0.29, 0.717) is 6.42 Å². The van der Waals surface area contributed by atoms with E-state index < -0.39 is 0 Å². The molecule has 0 amide bonds. The van der Waals surface area contributed by atoms with E-state index in [1.54, 1.807) is 0 Å². The first-order valence-corrected chi connectivity index (χ1v) is 7.44. The molecule has 0 saturated heterocycles. The van der Waals surface area contributed by atoms with Crippen molar-refractivity contribution in [3.63, 3.8) is 0 Å². The average Bonchev–Trinajstić information content (AvgIpc) is 2.39. The van der Waals surface area contributed by atoms with Crippen LogP contribution in [0.5, 0.6) is 0 Å². The van der Waals surface area contributed by atoms with E-state index in [-0.39, 0.29) is 0 Å². The fourth-order valence-electron chi connectivity index (χ4n) is 1.65. The van der Waals surface area contributed by atoms with Crippen LogP contribution < -0.4 is 0 Å². The summed E-state index contributed by atoms with van der Waals surface area (Å²) in [6, 6.07) is 2.14. The molecule has 0 bridgehead atoms. The lowest BCUT2D eigenvalue weighted by Crippen LogP contribution is -2.00. The second kappa shape index (κ2) is 16.4. The van der Waals surface area contributed by atoms with Gasteiger partial charge in [-0.2, -0.15) is 5.26 Å². The Morgan fingerprint density at radius 1 is 0.722 bits per heavy atom. The molecule has 0 aromatic heterocycles. The predicted molar refractivity (Wildman–Crippen MR) is 74.5 cm³/mol. The summed E-state index contributed by atoms with van der Waals surface area (Å²) in [6.45, 7) is 5.67. The summed E-state index contributed by atoms with van der Waals surface area (Å²) in [5.41, 5.74) is 0. The monoisotopic (exact) mass is 255 g/mol. The Labute approximate surface area is 112 Å². The molecule has 0 aliphatic carbocycles. The Morgan fingerprint density at radius 2 is 1.22 bits per heavy atom. The summed E-state index contributed by atoms with van der Waals surface area (Å²) in [5.74, 6) is 0. The molecule has 0 aliphatic heterocycles. The minimum absolute atomic E-state index is 0.652. The second-order valence-electron chi connectivity index (χ2n) is 4.61. The fourth-order valence-corrected chi connectivity index (χ4v) is 1.65. The van der Waals surface area contributed by atoms with Crippen molar-refractivity contribution in [1.82, 2.24) is 0 Å². The summed E-state index contributed by atoms with van der Waals surface area (Å²) in [5, 5.41) is 8.35. The first-order valence-electron chi connectivity index (χ1n) is 7.44. The van der Waals surface area contributed by atoms with Crippen molar-refractivity contribution in [1.29, 1.82) is 5.26 Å². The highest BCUT2D eigenvalue weighted by Crippen LogP contribution is 2.00. The highest BCUT2D eigenvalue weighted by atomic mass is 16.5. The number of rotatable bonds is 14. The molecule has 0 N–H and O–H groups in total. The molecule has 0 fully saturated rings. The molecular weight excluding hydrogens is 226 g/mol. The van der Waals surface area contributed by atoms with Gasteiger partial charge >= 0.3 is 0 Å². The minimum Gasteiger partial charge on any atom is -0.381 e. The molecule has 18 heavy (non-hydrogen) atoms. The third-order valence-electron chi connectivity index (χ3n) is 2.80. The van der Waals surface area contributed by atoms with Crippen LogP contribution in [0.4, 0.5) is 0 Å². The number of unbranched alkanes of at least 4 members (excludes halogenated alkanes) is 6. The van der Waals surface area contributed by atoms with Gasteiger partial charge in [-0.1, -0.05) is 19.8 Å². The minimum atomic E-state index is 0.652. The van der Waals surface area contributed by atoms with E-state index in [9.17, 15) is 0 Å². The highest BCUT2D eigenvalue weighted by molar-refractivity contribution is 4.67. The van der Waals surface area contributed by atoms with Gasteiger partial charge in [-0.15, -0.1) is 0 Å². The number of ether oxygens (including phenoxy) is 2. The van der Waals surface area contributed by atoms with Crippen molar-refractivity contribution in [2.45, 2.75) is 64.7 Å². The van der Waals surface area contributed by atoms with E-state index in [1.807, 2.05) is 0 Å². The van der Waals surface area contributed by atoms with Crippen molar-refractivity contribution in [2.24, 2.45) is 0 Å². The quantitative estimate of drug-likeness (QED) is 0.439. The van der Waals surface area contributed by atoms with Gasteiger partial charge in [-0.3, -0.25) is 0 Å². The third kappa shape index (κ3) is 15.4. The molecule has 0 rings (SSSR count). The molecule has 0 saturated carbocycles. The average molecular weight is 255 g/mol. The third-order valence-corrected chi connectivity index (χ3v) is 2.80. The van der Waals surface area contributed by atoms with Gasteiger partial charge < -0.3 is 9.47 Å². The van der Waals surface area contributed by atoms with E-state index in [2.05, 4.69) is 13.0 Å². The fraction of sp³-hybridized carbons (Fsp3) is 0.933. The lowest BCUT2D eigenvalue weighted by molar-refractivity contribution is 0.111. The molecule has 3 nitrogen and oxygen atoms in total. The molecule has 106 valence electrons. The first kappa shape index (κ1) is 17.4. The maximum absolute atomic E-state index is 8.35. The molecule has 0 atom stereocenters. The van der Waals surface area contributed by atoms with Gasteiger partial charge in [0, 0.05) is 32.8 Å². The van der Waals surface area contributed by atoms with Gasteiger partial charge in [0.15, 0.2) is 0 Å². The van der Waals surface area contributed by atoms with Gasteiger partial charge in [0.1, 0.15) is 0 Å². The molecule has 0 aromatic rings. The zero-order chi connectivity index (χ0) is 13.3. The van der Waals surface area contributed by atoms with Crippen LogP contribution in [0.2, 0.25) is 0 Å². The molecule has 0 radical (unpaired) electrons. The van der Waals surface area contributed by atoms with Crippen LogP contribution in [0.15, 0.2) is 0 Å². The Balaban J connectivity index is 2.89. The van der Waals surface area contributed by atoms with E-state index in [1.165, 1.54) is 25.7 Å². The van der Waals surface area contributed by atoms with Crippen molar-refractivity contribution in [3.05, 3.63) is 0 Å². The summed E-state index contributed by atoms with van der Waals surface area (Å²) < 4.78 is 11.0. The first-order chi connectivity index (χ1) is 8.91. The van der Waals surface area contributed by atoms with Crippen molar-refractivity contribution in [2.75, 3.05) is 26.4 Å². The zero-order valence-corrected chi connectivity index (χ0v) is 12.0. The van der Waals surface area contributed by atoms with E-state index >= 15 is 0 Å². The van der Waals surface area contributed by atoms with Crippen LogP contribution in [0.3, 0.4) is 0 Å². The molecule has 0 heterocycles. The summed E-state index contributed by atoms with van der Waals surface area (Å²) in [4.78, 5) is 0. The van der Waals surface area contributed by atoms with Crippen LogP contribution in [0, 0.1) is 11.3 Å². The van der Waals surface area contributed by atoms with Gasteiger partial charge in [-0.05, 0) is 38.5 Å². The van der Waals surface area contributed by atoms with Crippen LogP contribution in [0.1, 0.15) is 64.7 Å². The van der Waals surface area contributed by atoms with Crippen molar-refractivity contribution in [3.8, 4) is 6.07 Å². The topological polar surface area (TPSA) is 42.2 Å². The Kier molecular flexibility index (Phi) is 15.9. The Morgan fingerprint density at radius 3 is 1.72 bits per heavy atom. The van der Waals surface area contributed by atoms with Gasteiger partial charge in [0.25, 0.3) is 0 Å². The lowest BCUT2D eigenvalue weighted by atomic mass is 10.2. The maximum atomic E-state index is 8.35. The van der Waals surface area contributed by atoms with Crippen molar-refractivity contribution < 1.29 is 9.47 Å². The highest BCUT2D eigenvalue weighted by Gasteiger charge is 1.93. The molecular formula is C15H29NO2. The van der Waals surface area contributed by atoms with Gasteiger partial charge in [0.05, 0.1) is 6.07 Å². The Bertz CT molecular complexity index is 189. The smallest absolute Gasteiger partial charge is 0.0621 e. The Hall–Kier alpha value is -0.590. The van der Waals surface area contributed by atoms with Crippen LogP contribution in [-0.4, -0.2) is 26.4 Å². The predicted octanol–water partition coefficient (Wildman–Crippen LogP) is 4.07. The van der Waals surface area contributed by atoms with E-state index in [4.69, 9.17) is 14.7 Å². The SMILES string of the molecule is CCCCCOCCCCCOCCCCC#N. The summed E-state index contributed by atoms with van der Waals surface area (Å²) in [7, 11) is 0. The standard InChI is InChI=1S/C15H29NO2/c1-2-3-7-12-17-14-9-5-10-15-18-13-8-4-6-11-16/h2-10,12-15H2,1H3. The van der Waals surface area contributed by atoms with Crippen LogP contribution in [0.25, 0.3) is 0 Å².